The molecule has 168 valence electrons. The molecule has 0 atom stereocenters. The van der Waals surface area contributed by atoms with Gasteiger partial charge in [0.25, 0.3) is 0 Å². The van der Waals surface area contributed by atoms with Gasteiger partial charge in [-0.3, -0.25) is 4.79 Å². The van der Waals surface area contributed by atoms with Gasteiger partial charge in [0.05, 0.1) is 23.5 Å². The Bertz CT molecular complexity index is 1100. The minimum Gasteiger partial charge on any atom is -0.385 e. The lowest BCUT2D eigenvalue weighted by Gasteiger charge is -2.08. The molecule has 8 heteroatoms. The van der Waals surface area contributed by atoms with Crippen molar-refractivity contribution in [3.8, 4) is 0 Å². The summed E-state index contributed by atoms with van der Waals surface area (Å²) in [6.45, 7) is 3.63. The van der Waals surface area contributed by atoms with Crippen LogP contribution in [0.2, 0.25) is 0 Å². The SMILES string of the molecule is CCOC.CNCc1nc(NCC=O)c2ccccc2n1.O=Cc1cc2ccccc2s1. The summed E-state index contributed by atoms with van der Waals surface area (Å²) in [5, 5.41) is 8.08. The highest BCUT2D eigenvalue weighted by atomic mass is 32.1. The number of benzene rings is 2. The standard InChI is InChI=1S/C12H14N4O.C9H6OS.C3H8O/c1-13-8-11-15-10-5-3-2-4-9(10)12(16-11)14-6-7-17;10-6-8-5-7-3-1-2-4-9(7)11-8;1-3-4-2/h2-5,7,13H,6,8H2,1H3,(H,14,15,16);1-6H;3H2,1-2H3. The molecule has 0 radical (unpaired) electrons. The Kier molecular flexibility index (Phi) is 10.9. The van der Waals surface area contributed by atoms with Gasteiger partial charge >= 0.3 is 0 Å². The molecule has 0 bridgehead atoms. The Balaban J connectivity index is 0.000000207. The van der Waals surface area contributed by atoms with Gasteiger partial charge in [0.2, 0.25) is 0 Å². The monoisotopic (exact) mass is 452 g/mol. The molecule has 2 heterocycles. The quantitative estimate of drug-likeness (QED) is 0.403. The van der Waals surface area contributed by atoms with Crippen molar-refractivity contribution in [2.24, 2.45) is 0 Å². The topological polar surface area (TPSA) is 93.2 Å². The summed E-state index contributed by atoms with van der Waals surface area (Å²) in [4.78, 5) is 30.4. The molecule has 0 fully saturated rings. The van der Waals surface area contributed by atoms with Crippen molar-refractivity contribution in [2.45, 2.75) is 13.5 Å². The molecule has 0 unspecified atom stereocenters. The summed E-state index contributed by atoms with van der Waals surface area (Å²) in [7, 11) is 3.52. The molecule has 4 aromatic rings. The van der Waals surface area contributed by atoms with Crippen LogP contribution < -0.4 is 10.6 Å². The number of fused-ring (bicyclic) bond motifs is 2. The fraction of sp³-hybridized carbons (Fsp3) is 0.250. The van der Waals surface area contributed by atoms with Gasteiger partial charge < -0.3 is 20.2 Å². The molecule has 2 aromatic heterocycles. The summed E-state index contributed by atoms with van der Waals surface area (Å²) < 4.78 is 5.72. The highest BCUT2D eigenvalue weighted by molar-refractivity contribution is 7.20. The number of hydrogen-bond donors (Lipinski definition) is 2. The molecular weight excluding hydrogens is 424 g/mol. The van der Waals surface area contributed by atoms with E-state index in [1.807, 2.05) is 68.6 Å². The Morgan fingerprint density at radius 1 is 1.06 bits per heavy atom. The number of para-hydroxylation sites is 1. The molecule has 0 saturated carbocycles. The average molecular weight is 453 g/mol. The predicted octanol–water partition coefficient (Wildman–Crippen LogP) is 4.33. The maximum atomic E-state index is 10.4. The second-order valence-corrected chi connectivity index (χ2v) is 7.58. The molecule has 0 aliphatic heterocycles. The van der Waals surface area contributed by atoms with E-state index >= 15 is 0 Å². The van der Waals surface area contributed by atoms with Crippen LogP contribution in [-0.2, 0) is 16.1 Å². The van der Waals surface area contributed by atoms with E-state index in [0.29, 0.717) is 18.2 Å². The molecule has 0 aliphatic rings. The van der Waals surface area contributed by atoms with Crippen LogP contribution in [0.4, 0.5) is 5.82 Å². The van der Waals surface area contributed by atoms with Crippen LogP contribution in [0.25, 0.3) is 21.0 Å². The van der Waals surface area contributed by atoms with Crippen LogP contribution in [0.15, 0.2) is 54.6 Å². The number of nitrogens with one attached hydrogen (secondary N) is 2. The van der Waals surface area contributed by atoms with Gasteiger partial charge in [-0.05, 0) is 43.6 Å². The van der Waals surface area contributed by atoms with E-state index in [-0.39, 0.29) is 6.54 Å². The summed E-state index contributed by atoms with van der Waals surface area (Å²) in [5.41, 5.74) is 0.876. The summed E-state index contributed by atoms with van der Waals surface area (Å²) >= 11 is 1.53. The molecule has 7 nitrogen and oxygen atoms in total. The molecule has 32 heavy (non-hydrogen) atoms. The minimum atomic E-state index is 0.250. The number of aldehydes is 2. The first-order valence-corrected chi connectivity index (χ1v) is 11.0. The third kappa shape index (κ3) is 7.49. The lowest BCUT2D eigenvalue weighted by molar-refractivity contribution is -0.106. The Hall–Kier alpha value is -3.20. The molecular formula is C24H28N4O3S. The summed E-state index contributed by atoms with van der Waals surface area (Å²) in [6.07, 6.45) is 1.71. The predicted molar refractivity (Wildman–Crippen MR) is 132 cm³/mol. The number of methoxy groups -OCH3 is 1. The third-order valence-corrected chi connectivity index (χ3v) is 5.23. The molecule has 2 N–H and O–H groups in total. The van der Waals surface area contributed by atoms with E-state index in [0.717, 1.165) is 40.3 Å². The lowest BCUT2D eigenvalue weighted by atomic mass is 10.2. The number of rotatable bonds is 7. The van der Waals surface area contributed by atoms with E-state index in [1.165, 1.54) is 16.0 Å². The Morgan fingerprint density at radius 3 is 2.44 bits per heavy atom. The largest absolute Gasteiger partial charge is 0.385 e. The normalized spacial score (nSPS) is 9.97. The fourth-order valence-electron chi connectivity index (χ4n) is 2.70. The lowest BCUT2D eigenvalue weighted by Crippen LogP contribution is -2.12. The molecule has 4 rings (SSSR count). The second-order valence-electron chi connectivity index (χ2n) is 6.47. The average Bonchev–Trinajstić information content (AvgIpc) is 3.27. The van der Waals surface area contributed by atoms with Crippen LogP contribution in [0, 0.1) is 0 Å². The van der Waals surface area contributed by atoms with Crippen LogP contribution in [0.1, 0.15) is 22.4 Å². The van der Waals surface area contributed by atoms with E-state index in [2.05, 4.69) is 25.3 Å². The summed E-state index contributed by atoms with van der Waals surface area (Å²) in [6, 6.07) is 17.6. The number of thiophene rings is 1. The fourth-order valence-corrected chi connectivity index (χ4v) is 3.57. The maximum Gasteiger partial charge on any atom is 0.160 e. The number of ether oxygens (including phenoxy) is 1. The highest BCUT2D eigenvalue weighted by Gasteiger charge is 2.06. The summed E-state index contributed by atoms with van der Waals surface area (Å²) in [5.74, 6) is 1.41. The number of carbonyl (C=O) groups excluding carboxylic acids is 2. The van der Waals surface area contributed by atoms with Gasteiger partial charge in [-0.15, -0.1) is 11.3 Å². The highest BCUT2D eigenvalue weighted by Crippen LogP contribution is 2.23. The number of anilines is 1. The van der Waals surface area contributed by atoms with Crippen molar-refractivity contribution in [1.82, 2.24) is 15.3 Å². The van der Waals surface area contributed by atoms with Crippen LogP contribution in [-0.4, -0.2) is 49.8 Å². The van der Waals surface area contributed by atoms with E-state index < -0.39 is 0 Å². The number of carbonyl (C=O) groups is 2. The van der Waals surface area contributed by atoms with Crippen molar-refractivity contribution < 1.29 is 14.3 Å². The minimum absolute atomic E-state index is 0.250. The van der Waals surface area contributed by atoms with Crippen LogP contribution >= 0.6 is 11.3 Å². The zero-order chi connectivity index (χ0) is 23.2. The second kappa shape index (κ2) is 14.0. The van der Waals surface area contributed by atoms with E-state index in [4.69, 9.17) is 0 Å². The first-order valence-electron chi connectivity index (χ1n) is 10.2. The van der Waals surface area contributed by atoms with E-state index in [9.17, 15) is 9.59 Å². The molecule has 0 aliphatic carbocycles. The smallest absolute Gasteiger partial charge is 0.160 e. The van der Waals surface area contributed by atoms with Gasteiger partial charge in [0.15, 0.2) is 6.29 Å². The van der Waals surface area contributed by atoms with Gasteiger partial charge in [-0.1, -0.05) is 30.3 Å². The van der Waals surface area contributed by atoms with Crippen molar-refractivity contribution in [3.63, 3.8) is 0 Å². The molecule has 2 aromatic carbocycles. The van der Waals surface area contributed by atoms with Gasteiger partial charge in [0.1, 0.15) is 17.9 Å². The van der Waals surface area contributed by atoms with Gasteiger partial charge in [-0.2, -0.15) is 0 Å². The van der Waals surface area contributed by atoms with Crippen molar-refractivity contribution in [2.75, 3.05) is 32.6 Å². The first kappa shape index (κ1) is 25.1. The Morgan fingerprint density at radius 2 is 1.78 bits per heavy atom. The van der Waals surface area contributed by atoms with E-state index in [1.54, 1.807) is 7.11 Å². The number of hydrogen-bond acceptors (Lipinski definition) is 8. The zero-order valence-corrected chi connectivity index (χ0v) is 19.3. The number of nitrogens with zero attached hydrogens (tertiary/aromatic N) is 2. The van der Waals surface area contributed by atoms with Crippen molar-refractivity contribution >= 4 is 50.7 Å². The van der Waals surface area contributed by atoms with Crippen LogP contribution in [0.3, 0.4) is 0 Å². The van der Waals surface area contributed by atoms with Crippen molar-refractivity contribution in [3.05, 3.63) is 65.3 Å². The maximum absolute atomic E-state index is 10.4. The zero-order valence-electron chi connectivity index (χ0n) is 18.5. The molecule has 0 amide bonds. The molecule has 0 saturated heterocycles. The molecule has 0 spiro atoms. The van der Waals surface area contributed by atoms with Gasteiger partial charge in [-0.25, -0.2) is 9.97 Å². The van der Waals surface area contributed by atoms with Crippen molar-refractivity contribution in [1.29, 1.82) is 0 Å². The van der Waals surface area contributed by atoms with Crippen LogP contribution in [0.5, 0.6) is 0 Å². The third-order valence-electron chi connectivity index (χ3n) is 4.19. The van der Waals surface area contributed by atoms with Gasteiger partial charge in [0, 0.05) is 23.8 Å². The first-order chi connectivity index (χ1) is 15.7. The number of aromatic nitrogens is 2. The Labute approximate surface area is 191 Å².